The molecule has 0 saturated carbocycles. The van der Waals surface area contributed by atoms with Crippen LogP contribution in [0.4, 0.5) is 13.2 Å². The summed E-state index contributed by atoms with van der Waals surface area (Å²) in [4.78, 5) is 0. The van der Waals surface area contributed by atoms with E-state index < -0.39 is 36.2 Å². The summed E-state index contributed by atoms with van der Waals surface area (Å²) in [6.07, 6.45) is -6.44. The van der Waals surface area contributed by atoms with E-state index in [-0.39, 0.29) is 25.4 Å². The van der Waals surface area contributed by atoms with E-state index >= 15 is 0 Å². The van der Waals surface area contributed by atoms with Crippen LogP contribution in [0.25, 0.3) is 0 Å². The molecule has 4 nitrogen and oxygen atoms in total. The van der Waals surface area contributed by atoms with Gasteiger partial charge < -0.3 is 19.3 Å². The van der Waals surface area contributed by atoms with Gasteiger partial charge in [0, 0.05) is 0 Å². The van der Waals surface area contributed by atoms with Gasteiger partial charge in [-0.3, -0.25) is 0 Å². The standard InChI is InChI=1S/C14H15F3O4/c15-14(16,17)9-4-2-1-3-8(9)5-19-11-7-21-12-10(18)6-20-13(11)12/h1-4,10-13,18H,5-7H2/t10-,11+,12-,13-/m1/s1. The largest absolute Gasteiger partial charge is 0.416 e. The van der Waals surface area contributed by atoms with Crippen molar-refractivity contribution in [2.24, 2.45) is 0 Å². The van der Waals surface area contributed by atoms with Crippen molar-refractivity contribution in [2.45, 2.75) is 37.2 Å². The molecule has 2 saturated heterocycles. The van der Waals surface area contributed by atoms with Gasteiger partial charge in [-0.25, -0.2) is 0 Å². The lowest BCUT2D eigenvalue weighted by Gasteiger charge is -2.18. The second kappa shape index (κ2) is 5.57. The van der Waals surface area contributed by atoms with E-state index in [0.717, 1.165) is 6.07 Å². The minimum absolute atomic E-state index is 0.0759. The fraction of sp³-hybridized carbons (Fsp3) is 0.571. The summed E-state index contributed by atoms with van der Waals surface area (Å²) in [6, 6.07) is 5.30. The number of ether oxygens (including phenoxy) is 3. The molecule has 21 heavy (non-hydrogen) atoms. The number of alkyl halides is 3. The molecule has 0 spiro atoms. The zero-order valence-electron chi connectivity index (χ0n) is 11.0. The Morgan fingerprint density at radius 2 is 1.86 bits per heavy atom. The molecule has 2 fully saturated rings. The van der Waals surface area contributed by atoms with Crippen LogP contribution in [-0.4, -0.2) is 42.7 Å². The fourth-order valence-electron chi connectivity index (χ4n) is 2.71. The Bertz CT molecular complexity index is 505. The number of hydrogen-bond donors (Lipinski definition) is 1. The SMILES string of the molecule is O[C@@H]1CO[C@H]2[C@@H]1OC[C@@H]2OCc1ccccc1C(F)(F)F. The molecule has 7 heteroatoms. The Balaban J connectivity index is 1.66. The van der Waals surface area contributed by atoms with Crippen molar-refractivity contribution in [1.82, 2.24) is 0 Å². The molecule has 0 radical (unpaired) electrons. The van der Waals surface area contributed by atoms with Crippen LogP contribution in [0.3, 0.4) is 0 Å². The lowest BCUT2D eigenvalue weighted by atomic mass is 10.1. The van der Waals surface area contributed by atoms with Gasteiger partial charge in [0.05, 0.1) is 25.4 Å². The van der Waals surface area contributed by atoms with Crippen LogP contribution in [0.2, 0.25) is 0 Å². The first-order chi connectivity index (χ1) is 9.97. The molecule has 1 N–H and O–H groups in total. The molecule has 0 amide bonds. The summed E-state index contributed by atoms with van der Waals surface area (Å²) in [6.45, 7) is 0.196. The Morgan fingerprint density at radius 1 is 1.14 bits per heavy atom. The summed E-state index contributed by atoms with van der Waals surface area (Å²) < 4.78 is 54.9. The van der Waals surface area contributed by atoms with Crippen LogP contribution in [0.15, 0.2) is 24.3 Å². The maximum Gasteiger partial charge on any atom is 0.416 e. The van der Waals surface area contributed by atoms with E-state index in [1.54, 1.807) is 0 Å². The van der Waals surface area contributed by atoms with E-state index in [2.05, 4.69) is 0 Å². The van der Waals surface area contributed by atoms with Crippen LogP contribution in [0.5, 0.6) is 0 Å². The van der Waals surface area contributed by atoms with Crippen LogP contribution < -0.4 is 0 Å². The number of halogens is 3. The number of aliphatic hydroxyl groups is 1. The number of hydrogen-bond acceptors (Lipinski definition) is 4. The molecule has 116 valence electrons. The first-order valence-electron chi connectivity index (χ1n) is 6.65. The van der Waals surface area contributed by atoms with Crippen LogP contribution in [-0.2, 0) is 27.0 Å². The second-order valence-electron chi connectivity index (χ2n) is 5.17. The van der Waals surface area contributed by atoms with E-state index in [9.17, 15) is 18.3 Å². The average molecular weight is 304 g/mol. The van der Waals surface area contributed by atoms with Gasteiger partial charge in [0.25, 0.3) is 0 Å². The maximum absolute atomic E-state index is 12.9. The lowest BCUT2D eigenvalue weighted by Crippen LogP contribution is -2.32. The molecule has 0 bridgehead atoms. The van der Waals surface area contributed by atoms with Crippen molar-refractivity contribution in [3.05, 3.63) is 35.4 Å². The normalized spacial score (nSPS) is 32.4. The molecule has 1 aromatic carbocycles. The molecule has 1 aromatic rings. The van der Waals surface area contributed by atoms with Crippen molar-refractivity contribution in [3.8, 4) is 0 Å². The zero-order valence-corrected chi connectivity index (χ0v) is 11.0. The summed E-state index contributed by atoms with van der Waals surface area (Å²) in [7, 11) is 0. The molecular weight excluding hydrogens is 289 g/mol. The molecule has 0 unspecified atom stereocenters. The van der Waals surface area contributed by atoms with Gasteiger partial charge in [0.1, 0.15) is 24.4 Å². The topological polar surface area (TPSA) is 47.9 Å². The van der Waals surface area contributed by atoms with Crippen molar-refractivity contribution in [2.75, 3.05) is 13.2 Å². The summed E-state index contributed by atoms with van der Waals surface area (Å²) in [5, 5.41) is 9.60. The van der Waals surface area contributed by atoms with Crippen molar-refractivity contribution >= 4 is 0 Å². The predicted octanol–water partition coefficient (Wildman–Crippen LogP) is 1.75. The Hall–Kier alpha value is -1.15. The van der Waals surface area contributed by atoms with E-state index in [1.807, 2.05) is 0 Å². The third-order valence-corrected chi connectivity index (χ3v) is 3.76. The molecule has 3 rings (SSSR count). The van der Waals surface area contributed by atoms with Gasteiger partial charge in [-0.15, -0.1) is 0 Å². The average Bonchev–Trinajstić information content (AvgIpc) is 3.00. The van der Waals surface area contributed by atoms with Crippen molar-refractivity contribution in [1.29, 1.82) is 0 Å². The molecule has 2 heterocycles. The van der Waals surface area contributed by atoms with E-state index in [1.165, 1.54) is 18.2 Å². The summed E-state index contributed by atoms with van der Waals surface area (Å²) in [5.41, 5.74) is -0.625. The fourth-order valence-corrected chi connectivity index (χ4v) is 2.71. The summed E-state index contributed by atoms with van der Waals surface area (Å²) in [5.74, 6) is 0. The molecule has 2 aliphatic rings. The minimum Gasteiger partial charge on any atom is -0.388 e. The van der Waals surface area contributed by atoms with E-state index in [4.69, 9.17) is 14.2 Å². The zero-order chi connectivity index (χ0) is 15.0. The third kappa shape index (κ3) is 2.91. The Morgan fingerprint density at radius 3 is 2.62 bits per heavy atom. The Kier molecular flexibility index (Phi) is 3.92. The summed E-state index contributed by atoms with van der Waals surface area (Å²) >= 11 is 0. The van der Waals surface area contributed by atoms with Gasteiger partial charge in [0.15, 0.2) is 0 Å². The van der Waals surface area contributed by atoms with Crippen LogP contribution in [0, 0.1) is 0 Å². The second-order valence-corrected chi connectivity index (χ2v) is 5.17. The molecule has 2 aliphatic heterocycles. The maximum atomic E-state index is 12.9. The highest BCUT2D eigenvalue weighted by molar-refractivity contribution is 5.29. The molecule has 4 atom stereocenters. The molecule has 0 aliphatic carbocycles. The van der Waals surface area contributed by atoms with Gasteiger partial charge in [-0.05, 0) is 11.6 Å². The Labute approximate surface area is 119 Å². The highest BCUT2D eigenvalue weighted by Gasteiger charge is 2.47. The quantitative estimate of drug-likeness (QED) is 0.924. The first-order valence-corrected chi connectivity index (χ1v) is 6.65. The number of benzene rings is 1. The predicted molar refractivity (Wildman–Crippen MR) is 65.5 cm³/mol. The van der Waals surface area contributed by atoms with Crippen molar-refractivity contribution in [3.63, 3.8) is 0 Å². The highest BCUT2D eigenvalue weighted by atomic mass is 19.4. The number of aliphatic hydroxyl groups excluding tert-OH is 1. The molecular formula is C14H15F3O4. The van der Waals surface area contributed by atoms with Gasteiger partial charge in [-0.1, -0.05) is 18.2 Å². The highest BCUT2D eigenvalue weighted by Crippen LogP contribution is 2.33. The smallest absolute Gasteiger partial charge is 0.388 e. The first kappa shape index (κ1) is 14.8. The van der Waals surface area contributed by atoms with Gasteiger partial charge in [0.2, 0.25) is 0 Å². The molecule has 0 aromatic heterocycles. The van der Waals surface area contributed by atoms with Crippen molar-refractivity contribution < 1.29 is 32.5 Å². The number of rotatable bonds is 3. The van der Waals surface area contributed by atoms with Gasteiger partial charge in [-0.2, -0.15) is 13.2 Å². The van der Waals surface area contributed by atoms with Gasteiger partial charge >= 0.3 is 6.18 Å². The van der Waals surface area contributed by atoms with Crippen LogP contribution >= 0.6 is 0 Å². The minimum atomic E-state index is -4.41. The lowest BCUT2D eigenvalue weighted by molar-refractivity contribution is -0.139. The third-order valence-electron chi connectivity index (χ3n) is 3.76. The van der Waals surface area contributed by atoms with Crippen LogP contribution in [0.1, 0.15) is 11.1 Å². The number of fused-ring (bicyclic) bond motifs is 1. The van der Waals surface area contributed by atoms with E-state index in [0.29, 0.717) is 0 Å². The monoisotopic (exact) mass is 304 g/mol.